The van der Waals surface area contributed by atoms with Gasteiger partial charge >= 0.3 is 12.1 Å². The molecule has 23 heavy (non-hydrogen) atoms. The molecule has 0 saturated carbocycles. The Hall–Kier alpha value is -3.09. The van der Waals surface area contributed by atoms with Gasteiger partial charge in [-0.1, -0.05) is 30.3 Å². The number of amides is 1. The number of benzene rings is 1. The first-order valence-electron chi connectivity index (χ1n) is 6.99. The van der Waals surface area contributed by atoms with Gasteiger partial charge in [0, 0.05) is 12.3 Å². The fraction of sp³-hybridized carbons (Fsp3) is 0.188. The third-order valence-corrected chi connectivity index (χ3v) is 3.33. The molecule has 118 valence electrons. The molecule has 1 N–H and O–H groups in total. The number of carboxylic acid groups (broad SMARTS) is 1. The summed E-state index contributed by atoms with van der Waals surface area (Å²) in [6.07, 6.45) is 0.641. The minimum absolute atomic E-state index is 0.00301. The maximum atomic E-state index is 12.2. The van der Waals surface area contributed by atoms with Gasteiger partial charge in [-0.2, -0.15) is 0 Å². The Bertz CT molecular complexity index is 733. The highest BCUT2D eigenvalue weighted by atomic mass is 16.6. The van der Waals surface area contributed by atoms with Crippen LogP contribution < -0.4 is 9.64 Å². The Labute approximate surface area is 132 Å². The first-order chi connectivity index (χ1) is 11.1. The molecule has 0 spiro atoms. The van der Waals surface area contributed by atoms with Gasteiger partial charge in [0.2, 0.25) is 0 Å². The molecule has 1 aliphatic rings. The minimum atomic E-state index is -1.10. The maximum absolute atomic E-state index is 12.2. The van der Waals surface area contributed by atoms with E-state index < -0.39 is 12.1 Å². The van der Waals surface area contributed by atoms with Crippen LogP contribution in [0.2, 0.25) is 0 Å². The molecule has 0 unspecified atom stereocenters. The number of ether oxygens (including phenoxy) is 2. The van der Waals surface area contributed by atoms with E-state index in [1.807, 2.05) is 30.3 Å². The number of carbonyl (C=O) groups is 2. The molecule has 1 amide bonds. The summed E-state index contributed by atoms with van der Waals surface area (Å²) in [5.74, 6) is -0.584. The fourth-order valence-electron chi connectivity index (χ4n) is 2.19. The second-order valence-corrected chi connectivity index (χ2v) is 4.89. The van der Waals surface area contributed by atoms with Crippen molar-refractivity contribution in [2.24, 2.45) is 0 Å². The first-order valence-corrected chi connectivity index (χ1v) is 6.99. The predicted octanol–water partition coefficient (Wildman–Crippen LogP) is 2.32. The highest BCUT2D eigenvalue weighted by Gasteiger charge is 2.27. The van der Waals surface area contributed by atoms with Crippen molar-refractivity contribution in [1.29, 1.82) is 0 Å². The van der Waals surface area contributed by atoms with E-state index in [0.717, 1.165) is 5.56 Å². The molecule has 1 aromatic heterocycles. The Kier molecular flexibility index (Phi) is 4.09. The molecule has 3 rings (SSSR count). The molecule has 2 heterocycles. The third kappa shape index (κ3) is 3.23. The molecule has 7 nitrogen and oxygen atoms in total. The molecule has 1 aromatic carbocycles. The molecule has 0 radical (unpaired) electrons. The SMILES string of the molecule is O=C(O)c1cnc2c(c1)OCCN2C(=O)OCc1ccccc1. The molecule has 2 aromatic rings. The second kappa shape index (κ2) is 6.35. The van der Waals surface area contributed by atoms with Crippen molar-refractivity contribution in [2.75, 3.05) is 18.1 Å². The van der Waals surface area contributed by atoms with Crippen molar-refractivity contribution in [2.45, 2.75) is 6.61 Å². The lowest BCUT2D eigenvalue weighted by Crippen LogP contribution is -2.39. The summed E-state index contributed by atoms with van der Waals surface area (Å²) in [5.41, 5.74) is 0.881. The van der Waals surface area contributed by atoms with Gasteiger partial charge < -0.3 is 14.6 Å². The number of carboxylic acids is 1. The summed E-state index contributed by atoms with van der Waals surface area (Å²) in [6.45, 7) is 0.692. The van der Waals surface area contributed by atoms with Crippen LogP contribution in [0.4, 0.5) is 10.6 Å². The number of rotatable bonds is 3. The fourth-order valence-corrected chi connectivity index (χ4v) is 2.19. The summed E-state index contributed by atoms with van der Waals surface area (Å²) < 4.78 is 10.7. The number of anilines is 1. The van der Waals surface area contributed by atoms with Gasteiger partial charge in [0.1, 0.15) is 13.2 Å². The summed E-state index contributed by atoms with van der Waals surface area (Å²) in [6, 6.07) is 10.7. The average molecular weight is 314 g/mol. The van der Waals surface area contributed by atoms with Crippen molar-refractivity contribution in [3.05, 3.63) is 53.7 Å². The Morgan fingerprint density at radius 2 is 2.09 bits per heavy atom. The summed E-state index contributed by atoms with van der Waals surface area (Å²) in [7, 11) is 0. The van der Waals surface area contributed by atoms with E-state index >= 15 is 0 Å². The Balaban J connectivity index is 1.74. The quantitative estimate of drug-likeness (QED) is 0.935. The number of pyridine rings is 1. The molecule has 7 heteroatoms. The van der Waals surface area contributed by atoms with Gasteiger partial charge in [-0.3, -0.25) is 4.90 Å². The molecule has 0 atom stereocenters. The zero-order chi connectivity index (χ0) is 16.2. The van der Waals surface area contributed by atoms with Gasteiger partial charge in [-0.15, -0.1) is 0 Å². The van der Waals surface area contributed by atoms with Crippen LogP contribution in [0.5, 0.6) is 5.75 Å². The maximum Gasteiger partial charge on any atom is 0.416 e. The molecule has 0 saturated heterocycles. The molecule has 1 aliphatic heterocycles. The lowest BCUT2D eigenvalue weighted by atomic mass is 10.2. The van der Waals surface area contributed by atoms with E-state index in [1.165, 1.54) is 17.2 Å². The molecular formula is C16H14N2O5. The monoisotopic (exact) mass is 314 g/mol. The van der Waals surface area contributed by atoms with Crippen LogP contribution in [0.25, 0.3) is 0 Å². The number of aromatic nitrogens is 1. The number of aromatic carboxylic acids is 1. The second-order valence-electron chi connectivity index (χ2n) is 4.89. The summed E-state index contributed by atoms with van der Waals surface area (Å²) in [5, 5.41) is 8.97. The van der Waals surface area contributed by atoms with Crippen molar-refractivity contribution >= 4 is 17.9 Å². The molecular weight excluding hydrogens is 300 g/mol. The number of nitrogens with zero attached hydrogens (tertiary/aromatic N) is 2. The van der Waals surface area contributed by atoms with Crippen LogP contribution in [-0.2, 0) is 11.3 Å². The van der Waals surface area contributed by atoms with Crippen molar-refractivity contribution in [3.63, 3.8) is 0 Å². The zero-order valence-corrected chi connectivity index (χ0v) is 12.1. The van der Waals surface area contributed by atoms with Crippen LogP contribution in [-0.4, -0.2) is 35.3 Å². The van der Waals surface area contributed by atoms with Gasteiger partial charge in [0.05, 0.1) is 12.1 Å². The lowest BCUT2D eigenvalue weighted by molar-refractivity contribution is 0.0696. The largest absolute Gasteiger partial charge is 0.488 e. The standard InChI is InChI=1S/C16H14N2O5/c19-15(20)12-8-13-14(17-9-12)18(6-7-22-13)16(21)23-10-11-4-2-1-3-5-11/h1-5,8-9H,6-7,10H2,(H,19,20). The number of fused-ring (bicyclic) bond motifs is 1. The topological polar surface area (TPSA) is 89.0 Å². The van der Waals surface area contributed by atoms with Gasteiger partial charge in [-0.05, 0) is 5.56 Å². The Morgan fingerprint density at radius 3 is 2.83 bits per heavy atom. The third-order valence-electron chi connectivity index (χ3n) is 3.33. The predicted molar refractivity (Wildman–Crippen MR) is 80.7 cm³/mol. The van der Waals surface area contributed by atoms with E-state index in [9.17, 15) is 9.59 Å². The van der Waals surface area contributed by atoms with Crippen LogP contribution in [0.1, 0.15) is 15.9 Å². The smallest absolute Gasteiger partial charge is 0.416 e. The van der Waals surface area contributed by atoms with E-state index in [-0.39, 0.29) is 30.3 Å². The van der Waals surface area contributed by atoms with Gasteiger partial charge in [-0.25, -0.2) is 14.6 Å². The molecule has 0 aliphatic carbocycles. The summed E-state index contributed by atoms with van der Waals surface area (Å²) in [4.78, 5) is 28.6. The zero-order valence-electron chi connectivity index (χ0n) is 12.1. The number of hydrogen-bond donors (Lipinski definition) is 1. The number of hydrogen-bond acceptors (Lipinski definition) is 5. The van der Waals surface area contributed by atoms with Crippen molar-refractivity contribution in [1.82, 2.24) is 4.98 Å². The van der Waals surface area contributed by atoms with Crippen LogP contribution in [0.3, 0.4) is 0 Å². The average Bonchev–Trinajstić information content (AvgIpc) is 2.59. The molecule has 0 bridgehead atoms. The van der Waals surface area contributed by atoms with E-state index in [2.05, 4.69) is 4.98 Å². The lowest BCUT2D eigenvalue weighted by Gasteiger charge is -2.27. The highest BCUT2D eigenvalue weighted by Crippen LogP contribution is 2.30. The first kappa shape index (κ1) is 14.8. The Morgan fingerprint density at radius 1 is 1.30 bits per heavy atom. The number of carbonyl (C=O) groups excluding carboxylic acids is 1. The van der Waals surface area contributed by atoms with Crippen molar-refractivity contribution in [3.8, 4) is 5.75 Å². The normalized spacial score (nSPS) is 13.0. The van der Waals surface area contributed by atoms with Gasteiger partial charge in [0.15, 0.2) is 11.6 Å². The van der Waals surface area contributed by atoms with E-state index in [0.29, 0.717) is 6.54 Å². The van der Waals surface area contributed by atoms with Crippen molar-refractivity contribution < 1.29 is 24.2 Å². The minimum Gasteiger partial charge on any atom is -0.488 e. The highest BCUT2D eigenvalue weighted by molar-refractivity contribution is 5.91. The van der Waals surface area contributed by atoms with Gasteiger partial charge in [0.25, 0.3) is 0 Å². The van der Waals surface area contributed by atoms with E-state index in [1.54, 1.807) is 0 Å². The summed E-state index contributed by atoms with van der Waals surface area (Å²) >= 11 is 0. The van der Waals surface area contributed by atoms with E-state index in [4.69, 9.17) is 14.6 Å². The van der Waals surface area contributed by atoms with Crippen LogP contribution in [0, 0.1) is 0 Å². The van der Waals surface area contributed by atoms with Crippen LogP contribution >= 0.6 is 0 Å². The molecule has 0 fully saturated rings. The van der Waals surface area contributed by atoms with Crippen LogP contribution in [0.15, 0.2) is 42.6 Å².